The zero-order valence-electron chi connectivity index (χ0n) is 13.3. The number of amides is 1. The molecular formula is C16H31N3O. The minimum absolute atomic E-state index is 0.0328. The van der Waals surface area contributed by atoms with E-state index in [2.05, 4.69) is 36.3 Å². The highest BCUT2D eigenvalue weighted by Gasteiger charge is 2.25. The quantitative estimate of drug-likeness (QED) is 0.823. The van der Waals surface area contributed by atoms with Crippen molar-refractivity contribution < 1.29 is 4.79 Å². The number of piperidine rings is 2. The van der Waals surface area contributed by atoms with Gasteiger partial charge in [0.1, 0.15) is 0 Å². The molecule has 2 heterocycles. The lowest BCUT2D eigenvalue weighted by molar-refractivity contribution is -0.124. The summed E-state index contributed by atoms with van der Waals surface area (Å²) in [6.07, 6.45) is 4.68. The first-order valence-electron chi connectivity index (χ1n) is 8.30. The molecule has 4 heteroatoms. The Bertz CT molecular complexity index is 305. The Morgan fingerprint density at radius 2 is 2.00 bits per heavy atom. The average molecular weight is 281 g/mol. The summed E-state index contributed by atoms with van der Waals surface area (Å²) < 4.78 is 0. The molecule has 0 aromatic rings. The molecule has 0 saturated carbocycles. The molecule has 0 aromatic carbocycles. The highest BCUT2D eigenvalue weighted by molar-refractivity contribution is 5.82. The highest BCUT2D eigenvalue weighted by atomic mass is 16.2. The van der Waals surface area contributed by atoms with Crippen LogP contribution in [0.15, 0.2) is 0 Å². The van der Waals surface area contributed by atoms with Gasteiger partial charge in [0.15, 0.2) is 0 Å². The average Bonchev–Trinajstić information content (AvgIpc) is 2.38. The fraction of sp³-hybridized carbons (Fsp3) is 0.938. The van der Waals surface area contributed by atoms with Gasteiger partial charge in [0.25, 0.3) is 0 Å². The van der Waals surface area contributed by atoms with E-state index in [0.29, 0.717) is 0 Å². The highest BCUT2D eigenvalue weighted by Crippen LogP contribution is 2.20. The van der Waals surface area contributed by atoms with Gasteiger partial charge in [0.2, 0.25) is 5.91 Å². The summed E-state index contributed by atoms with van der Waals surface area (Å²) in [5.41, 5.74) is 0. The second-order valence-electron chi connectivity index (χ2n) is 7.08. The molecule has 2 rings (SSSR count). The van der Waals surface area contributed by atoms with Crippen molar-refractivity contribution in [2.75, 3.05) is 26.2 Å². The predicted molar refractivity (Wildman–Crippen MR) is 82.6 cm³/mol. The predicted octanol–water partition coefficient (Wildman–Crippen LogP) is 1.61. The third kappa shape index (κ3) is 4.74. The van der Waals surface area contributed by atoms with Crippen molar-refractivity contribution in [2.24, 2.45) is 11.8 Å². The topological polar surface area (TPSA) is 44.4 Å². The summed E-state index contributed by atoms with van der Waals surface area (Å²) in [7, 11) is 0. The molecule has 0 bridgehead atoms. The standard InChI is InChI=1S/C16H31N3O/c1-12-8-13(2)10-19(9-12)11-14(3)18-16(20)15-6-4-5-7-17-15/h12-15,17H,4-11H2,1-3H3,(H,18,20)/t12?,13?,14?,15-/m1/s1. The second-order valence-corrected chi connectivity index (χ2v) is 7.08. The van der Waals surface area contributed by atoms with Gasteiger partial charge < -0.3 is 15.5 Å². The maximum atomic E-state index is 12.2. The molecular weight excluding hydrogens is 250 g/mol. The summed E-state index contributed by atoms with van der Waals surface area (Å²) >= 11 is 0. The van der Waals surface area contributed by atoms with Gasteiger partial charge in [0, 0.05) is 25.7 Å². The van der Waals surface area contributed by atoms with Crippen LogP contribution >= 0.6 is 0 Å². The van der Waals surface area contributed by atoms with Gasteiger partial charge in [-0.3, -0.25) is 4.79 Å². The van der Waals surface area contributed by atoms with E-state index in [1.165, 1.54) is 32.4 Å². The minimum atomic E-state index is 0.0328. The van der Waals surface area contributed by atoms with Crippen LogP contribution in [-0.2, 0) is 4.79 Å². The van der Waals surface area contributed by atoms with Crippen molar-refractivity contribution in [3.8, 4) is 0 Å². The molecule has 2 aliphatic rings. The monoisotopic (exact) mass is 281 g/mol. The summed E-state index contributed by atoms with van der Waals surface area (Å²) in [6.45, 7) is 11.1. The van der Waals surface area contributed by atoms with Crippen LogP contribution in [0.25, 0.3) is 0 Å². The molecule has 2 saturated heterocycles. The molecule has 3 unspecified atom stereocenters. The van der Waals surface area contributed by atoms with E-state index < -0.39 is 0 Å². The molecule has 116 valence electrons. The van der Waals surface area contributed by atoms with Gasteiger partial charge >= 0.3 is 0 Å². The lowest BCUT2D eigenvalue weighted by atomic mass is 9.91. The second kappa shape index (κ2) is 7.41. The van der Waals surface area contributed by atoms with Crippen LogP contribution in [0.1, 0.15) is 46.5 Å². The maximum absolute atomic E-state index is 12.2. The van der Waals surface area contributed by atoms with Crippen molar-refractivity contribution in [2.45, 2.75) is 58.5 Å². The van der Waals surface area contributed by atoms with Crippen LogP contribution in [-0.4, -0.2) is 49.1 Å². The first kappa shape index (κ1) is 15.8. The van der Waals surface area contributed by atoms with E-state index in [-0.39, 0.29) is 18.0 Å². The first-order chi connectivity index (χ1) is 9.54. The van der Waals surface area contributed by atoms with Gasteiger partial charge in [0.05, 0.1) is 6.04 Å². The van der Waals surface area contributed by atoms with E-state index in [4.69, 9.17) is 0 Å². The normalized spacial score (nSPS) is 33.6. The SMILES string of the molecule is CC1CC(C)CN(CC(C)NC(=O)[C@H]2CCCCN2)C1. The Labute approximate surface area is 123 Å². The van der Waals surface area contributed by atoms with Crippen LogP contribution in [0.5, 0.6) is 0 Å². The molecule has 20 heavy (non-hydrogen) atoms. The van der Waals surface area contributed by atoms with E-state index in [9.17, 15) is 4.79 Å². The molecule has 0 radical (unpaired) electrons. The van der Waals surface area contributed by atoms with Gasteiger partial charge in [-0.1, -0.05) is 20.3 Å². The zero-order chi connectivity index (χ0) is 14.5. The van der Waals surface area contributed by atoms with Gasteiger partial charge in [-0.05, 0) is 44.6 Å². The molecule has 2 aliphatic heterocycles. The number of hydrogen-bond donors (Lipinski definition) is 2. The fourth-order valence-electron chi connectivity index (χ4n) is 3.79. The first-order valence-corrected chi connectivity index (χ1v) is 8.30. The number of hydrogen-bond acceptors (Lipinski definition) is 3. The molecule has 0 aliphatic carbocycles. The number of carbonyl (C=O) groups is 1. The molecule has 2 N–H and O–H groups in total. The van der Waals surface area contributed by atoms with E-state index in [1.54, 1.807) is 0 Å². The van der Waals surface area contributed by atoms with Crippen molar-refractivity contribution in [3.05, 3.63) is 0 Å². The minimum Gasteiger partial charge on any atom is -0.351 e. The maximum Gasteiger partial charge on any atom is 0.237 e. The van der Waals surface area contributed by atoms with Crippen LogP contribution in [0.2, 0.25) is 0 Å². The van der Waals surface area contributed by atoms with Crippen LogP contribution < -0.4 is 10.6 Å². The van der Waals surface area contributed by atoms with Crippen molar-refractivity contribution in [1.29, 1.82) is 0 Å². The Kier molecular flexibility index (Phi) is 5.85. The summed E-state index contributed by atoms with van der Waals surface area (Å²) in [5.74, 6) is 1.75. The number of nitrogens with zero attached hydrogens (tertiary/aromatic N) is 1. The van der Waals surface area contributed by atoms with Gasteiger partial charge in [-0.15, -0.1) is 0 Å². The molecule has 2 fully saturated rings. The zero-order valence-corrected chi connectivity index (χ0v) is 13.3. The summed E-state index contributed by atoms with van der Waals surface area (Å²) in [5, 5.41) is 6.50. The van der Waals surface area contributed by atoms with Crippen molar-refractivity contribution in [3.63, 3.8) is 0 Å². The number of nitrogens with one attached hydrogen (secondary N) is 2. The van der Waals surface area contributed by atoms with Gasteiger partial charge in [-0.2, -0.15) is 0 Å². The molecule has 0 spiro atoms. The smallest absolute Gasteiger partial charge is 0.237 e. The Balaban J connectivity index is 1.73. The third-order valence-electron chi connectivity index (χ3n) is 4.49. The van der Waals surface area contributed by atoms with Crippen LogP contribution in [0, 0.1) is 11.8 Å². The molecule has 1 amide bonds. The molecule has 4 atom stereocenters. The van der Waals surface area contributed by atoms with E-state index in [0.717, 1.165) is 31.3 Å². The third-order valence-corrected chi connectivity index (χ3v) is 4.49. The summed E-state index contributed by atoms with van der Waals surface area (Å²) in [4.78, 5) is 14.7. The van der Waals surface area contributed by atoms with Gasteiger partial charge in [-0.25, -0.2) is 0 Å². The van der Waals surface area contributed by atoms with Crippen LogP contribution in [0.3, 0.4) is 0 Å². The fourth-order valence-corrected chi connectivity index (χ4v) is 3.79. The van der Waals surface area contributed by atoms with Crippen LogP contribution in [0.4, 0.5) is 0 Å². The molecule has 0 aromatic heterocycles. The number of rotatable bonds is 4. The summed E-state index contributed by atoms with van der Waals surface area (Å²) in [6, 6.07) is 0.272. The number of likely N-dealkylation sites (tertiary alicyclic amines) is 1. The lowest BCUT2D eigenvalue weighted by Gasteiger charge is -2.36. The van der Waals surface area contributed by atoms with E-state index >= 15 is 0 Å². The Hall–Kier alpha value is -0.610. The largest absolute Gasteiger partial charge is 0.351 e. The Morgan fingerprint density at radius 1 is 1.30 bits per heavy atom. The molecule has 4 nitrogen and oxygen atoms in total. The lowest BCUT2D eigenvalue weighted by Crippen LogP contribution is -2.52. The van der Waals surface area contributed by atoms with E-state index in [1.807, 2.05) is 0 Å². The van der Waals surface area contributed by atoms with Crippen molar-refractivity contribution >= 4 is 5.91 Å². The Morgan fingerprint density at radius 3 is 2.60 bits per heavy atom. The van der Waals surface area contributed by atoms with Crippen molar-refractivity contribution in [1.82, 2.24) is 15.5 Å². The number of carbonyl (C=O) groups excluding carboxylic acids is 1.